The Morgan fingerprint density at radius 1 is 1.16 bits per heavy atom. The third kappa shape index (κ3) is 5.18. The molecule has 0 aliphatic carbocycles. The summed E-state index contributed by atoms with van der Waals surface area (Å²) < 4.78 is 40.6. The van der Waals surface area contributed by atoms with Crippen molar-refractivity contribution in [2.75, 3.05) is 43.8 Å². The van der Waals surface area contributed by atoms with Gasteiger partial charge in [-0.1, -0.05) is 12.1 Å². The monoisotopic (exact) mass is 461 g/mol. The number of hydrogen-bond acceptors (Lipinski definition) is 5. The van der Waals surface area contributed by atoms with Gasteiger partial charge < -0.3 is 9.88 Å². The van der Waals surface area contributed by atoms with Crippen LogP contribution in [0.3, 0.4) is 0 Å². The summed E-state index contributed by atoms with van der Waals surface area (Å²) in [5.41, 5.74) is 2.87. The second kappa shape index (κ2) is 9.81. The van der Waals surface area contributed by atoms with Crippen LogP contribution in [0.5, 0.6) is 0 Å². The molecule has 1 amide bonds. The van der Waals surface area contributed by atoms with Crippen LogP contribution >= 0.6 is 0 Å². The Bertz CT molecular complexity index is 1130. The predicted molar refractivity (Wildman–Crippen MR) is 120 cm³/mol. The number of nitrogens with one attached hydrogen (secondary N) is 1. The van der Waals surface area contributed by atoms with Gasteiger partial charge in [-0.25, -0.2) is 12.8 Å². The van der Waals surface area contributed by atoms with Crippen molar-refractivity contribution in [1.29, 1.82) is 5.26 Å². The molecule has 1 fully saturated rings. The van der Waals surface area contributed by atoms with Crippen LogP contribution in [0.1, 0.15) is 29.3 Å². The van der Waals surface area contributed by atoms with E-state index in [1.54, 1.807) is 19.1 Å². The van der Waals surface area contributed by atoms with Crippen molar-refractivity contribution in [3.05, 3.63) is 52.5 Å². The number of halogens is 1. The van der Waals surface area contributed by atoms with Gasteiger partial charge in [0.15, 0.2) is 0 Å². The van der Waals surface area contributed by atoms with Gasteiger partial charge >= 0.3 is 0 Å². The summed E-state index contributed by atoms with van der Waals surface area (Å²) >= 11 is 0. The number of anilines is 1. The molecule has 1 saturated heterocycles. The first-order valence-electron chi connectivity index (χ1n) is 10.5. The number of piperazine rings is 1. The quantitative estimate of drug-likeness (QED) is 0.681. The van der Waals surface area contributed by atoms with Gasteiger partial charge in [0.2, 0.25) is 15.9 Å². The Hall–Kier alpha value is -2.74. The van der Waals surface area contributed by atoms with Crippen molar-refractivity contribution in [3.63, 3.8) is 0 Å². The average molecular weight is 462 g/mol. The highest BCUT2D eigenvalue weighted by molar-refractivity contribution is 7.89. The van der Waals surface area contributed by atoms with Crippen LogP contribution in [0, 0.1) is 31.0 Å². The fourth-order valence-corrected chi connectivity index (χ4v) is 4.91. The fraction of sp³-hybridized carbons (Fsp3) is 0.455. The molecule has 0 atom stereocenters. The molecule has 32 heavy (non-hydrogen) atoms. The van der Waals surface area contributed by atoms with E-state index in [0.717, 1.165) is 16.8 Å². The molecule has 2 aromatic rings. The molecular formula is C22H28FN5O3S. The molecule has 0 spiro atoms. The molecule has 0 radical (unpaired) electrons. The minimum absolute atomic E-state index is 0.0637. The van der Waals surface area contributed by atoms with Crippen LogP contribution in [0.4, 0.5) is 10.2 Å². The lowest BCUT2D eigenvalue weighted by molar-refractivity contribution is -0.117. The number of nitriles is 1. The number of sulfonamides is 1. The van der Waals surface area contributed by atoms with E-state index in [1.165, 1.54) is 16.4 Å². The van der Waals surface area contributed by atoms with E-state index in [0.29, 0.717) is 44.1 Å². The number of amides is 1. The van der Waals surface area contributed by atoms with E-state index in [-0.39, 0.29) is 24.0 Å². The van der Waals surface area contributed by atoms with E-state index < -0.39 is 10.0 Å². The summed E-state index contributed by atoms with van der Waals surface area (Å²) in [7, 11) is -3.23. The van der Waals surface area contributed by atoms with Crippen molar-refractivity contribution >= 4 is 21.7 Å². The van der Waals surface area contributed by atoms with Crippen LogP contribution in [-0.2, 0) is 21.4 Å². The van der Waals surface area contributed by atoms with Gasteiger partial charge in [-0.05, 0) is 44.0 Å². The summed E-state index contributed by atoms with van der Waals surface area (Å²) in [6.45, 7) is 7.45. The maximum atomic E-state index is 13.3. The molecule has 1 aromatic carbocycles. The lowest BCUT2D eigenvalue weighted by atomic mass is 10.2. The highest BCUT2D eigenvalue weighted by Gasteiger charge is 2.27. The molecule has 1 N–H and O–H groups in total. The minimum Gasteiger partial charge on any atom is -0.326 e. The summed E-state index contributed by atoms with van der Waals surface area (Å²) in [6.07, 6.45) is 0. The molecule has 2 heterocycles. The standard InChI is InChI=1S/C22H28FN5O3S/c1-4-32(30,31)27-11-9-26(10-12-27)15-21(29)25-22-20(13-24)16(2)17(3)28(22)14-18-5-7-19(23)8-6-18/h5-8H,4,9-12,14-15H2,1-3H3,(H,25,29). The molecule has 10 heteroatoms. The number of benzene rings is 1. The van der Waals surface area contributed by atoms with E-state index in [1.807, 2.05) is 23.3 Å². The maximum absolute atomic E-state index is 13.3. The lowest BCUT2D eigenvalue weighted by Gasteiger charge is -2.33. The second-order valence-electron chi connectivity index (χ2n) is 7.88. The van der Waals surface area contributed by atoms with Crippen molar-refractivity contribution in [3.8, 4) is 6.07 Å². The molecule has 8 nitrogen and oxygen atoms in total. The Morgan fingerprint density at radius 2 is 1.78 bits per heavy atom. The molecule has 3 rings (SSSR count). The highest BCUT2D eigenvalue weighted by atomic mass is 32.2. The van der Waals surface area contributed by atoms with E-state index in [4.69, 9.17) is 0 Å². The largest absolute Gasteiger partial charge is 0.326 e. The Kier molecular flexibility index (Phi) is 7.33. The first kappa shape index (κ1) is 23.9. The van der Waals surface area contributed by atoms with Gasteiger partial charge in [-0.2, -0.15) is 9.57 Å². The molecule has 1 aromatic heterocycles. The number of nitrogens with zero attached hydrogens (tertiary/aromatic N) is 4. The van der Waals surface area contributed by atoms with Gasteiger partial charge in [-0.3, -0.25) is 9.69 Å². The maximum Gasteiger partial charge on any atom is 0.239 e. The molecule has 1 aliphatic rings. The van der Waals surface area contributed by atoms with Crippen molar-refractivity contribution in [2.45, 2.75) is 27.3 Å². The number of carbonyl (C=O) groups excluding carboxylic acids is 1. The molecule has 172 valence electrons. The van der Waals surface area contributed by atoms with Gasteiger partial charge in [0.25, 0.3) is 0 Å². The van der Waals surface area contributed by atoms with E-state index in [2.05, 4.69) is 11.4 Å². The molecule has 1 aliphatic heterocycles. The number of aromatic nitrogens is 1. The molecule has 0 unspecified atom stereocenters. The van der Waals surface area contributed by atoms with Crippen LogP contribution < -0.4 is 5.32 Å². The smallest absolute Gasteiger partial charge is 0.239 e. The number of hydrogen-bond donors (Lipinski definition) is 1. The number of rotatable bonds is 7. The first-order valence-corrected chi connectivity index (χ1v) is 12.1. The van der Waals surface area contributed by atoms with E-state index >= 15 is 0 Å². The normalized spacial score (nSPS) is 15.5. The molecular weight excluding hydrogens is 433 g/mol. The van der Waals surface area contributed by atoms with Gasteiger partial charge in [0, 0.05) is 38.4 Å². The Morgan fingerprint density at radius 3 is 2.34 bits per heavy atom. The zero-order valence-corrected chi connectivity index (χ0v) is 19.4. The molecule has 0 bridgehead atoms. The zero-order valence-electron chi connectivity index (χ0n) is 18.6. The summed E-state index contributed by atoms with van der Waals surface area (Å²) in [4.78, 5) is 14.7. The predicted octanol–water partition coefficient (Wildman–Crippen LogP) is 2.07. The van der Waals surface area contributed by atoms with Gasteiger partial charge in [0.1, 0.15) is 17.7 Å². The van der Waals surface area contributed by atoms with E-state index in [9.17, 15) is 22.9 Å². The number of carbonyl (C=O) groups is 1. The zero-order chi connectivity index (χ0) is 23.5. The summed E-state index contributed by atoms with van der Waals surface area (Å²) in [5, 5.41) is 12.5. The summed E-state index contributed by atoms with van der Waals surface area (Å²) in [6, 6.07) is 8.28. The van der Waals surface area contributed by atoms with Crippen LogP contribution in [0.15, 0.2) is 24.3 Å². The van der Waals surface area contributed by atoms with Crippen molar-refractivity contribution in [2.24, 2.45) is 0 Å². The molecule has 0 saturated carbocycles. The van der Waals surface area contributed by atoms with Crippen molar-refractivity contribution < 1.29 is 17.6 Å². The minimum atomic E-state index is -3.23. The topological polar surface area (TPSA) is 98.4 Å². The van der Waals surface area contributed by atoms with Gasteiger partial charge in [0.05, 0.1) is 17.9 Å². The Balaban J connectivity index is 1.72. The third-order valence-electron chi connectivity index (χ3n) is 5.91. The summed E-state index contributed by atoms with van der Waals surface area (Å²) in [5.74, 6) is -0.115. The SMILES string of the molecule is CCS(=O)(=O)N1CCN(CC(=O)Nc2c(C#N)c(C)c(C)n2Cc2ccc(F)cc2)CC1. The second-order valence-corrected chi connectivity index (χ2v) is 10.1. The third-order valence-corrected chi connectivity index (χ3v) is 7.79. The average Bonchev–Trinajstić information content (AvgIpc) is 2.99. The first-order chi connectivity index (χ1) is 15.2. The Labute approximate surface area is 188 Å². The lowest BCUT2D eigenvalue weighted by Crippen LogP contribution is -2.50. The highest BCUT2D eigenvalue weighted by Crippen LogP contribution is 2.27. The van der Waals surface area contributed by atoms with Gasteiger partial charge in [-0.15, -0.1) is 0 Å². The van der Waals surface area contributed by atoms with Crippen LogP contribution in [0.2, 0.25) is 0 Å². The fourth-order valence-electron chi connectivity index (χ4n) is 3.82. The van der Waals surface area contributed by atoms with Crippen LogP contribution in [0.25, 0.3) is 0 Å². The van der Waals surface area contributed by atoms with Crippen LogP contribution in [-0.4, -0.2) is 66.6 Å². The van der Waals surface area contributed by atoms with Crippen molar-refractivity contribution in [1.82, 2.24) is 13.8 Å².